The first-order valence-electron chi connectivity index (χ1n) is 9.30. The van der Waals surface area contributed by atoms with Crippen LogP contribution in [-0.4, -0.2) is 65.4 Å². The van der Waals surface area contributed by atoms with Crippen LogP contribution in [0.2, 0.25) is 0 Å². The van der Waals surface area contributed by atoms with Gasteiger partial charge in [-0.15, -0.1) is 0 Å². The van der Waals surface area contributed by atoms with Gasteiger partial charge in [-0.25, -0.2) is 4.79 Å². The number of piperidine rings is 1. The first-order chi connectivity index (χ1) is 11.9. The van der Waals surface area contributed by atoms with Crippen molar-refractivity contribution in [3.8, 4) is 0 Å². The monoisotopic (exact) mass is 343 g/mol. The van der Waals surface area contributed by atoms with Gasteiger partial charge < -0.3 is 9.80 Å². The topological polar surface area (TPSA) is 43.9 Å². The van der Waals surface area contributed by atoms with E-state index >= 15 is 0 Å². The van der Waals surface area contributed by atoms with Crippen molar-refractivity contribution in [1.82, 2.24) is 14.7 Å². The zero-order chi connectivity index (χ0) is 18.0. The van der Waals surface area contributed by atoms with Crippen molar-refractivity contribution in [3.05, 3.63) is 35.9 Å². The Labute approximate surface area is 150 Å². The molecule has 2 aliphatic heterocycles. The molecule has 2 fully saturated rings. The first-order valence-corrected chi connectivity index (χ1v) is 9.30. The van der Waals surface area contributed by atoms with Crippen LogP contribution in [0.15, 0.2) is 30.3 Å². The Morgan fingerprint density at radius 1 is 1.08 bits per heavy atom. The Kier molecular flexibility index (Phi) is 5.13. The molecule has 0 radical (unpaired) electrons. The summed E-state index contributed by atoms with van der Waals surface area (Å²) in [5.41, 5.74) is 0.727. The molecule has 0 aliphatic carbocycles. The summed E-state index contributed by atoms with van der Waals surface area (Å²) < 4.78 is 0. The molecule has 1 spiro atoms. The van der Waals surface area contributed by atoms with E-state index < -0.39 is 5.54 Å². The predicted molar refractivity (Wildman–Crippen MR) is 98.3 cm³/mol. The van der Waals surface area contributed by atoms with Crippen LogP contribution in [0, 0.1) is 5.92 Å². The number of nitrogens with zero attached hydrogens (tertiary/aromatic N) is 3. The summed E-state index contributed by atoms with van der Waals surface area (Å²) in [4.78, 5) is 31.1. The second-order valence-corrected chi connectivity index (χ2v) is 7.76. The summed E-state index contributed by atoms with van der Waals surface area (Å²) in [5, 5.41) is 0. The van der Waals surface area contributed by atoms with Crippen molar-refractivity contribution in [2.24, 2.45) is 5.92 Å². The van der Waals surface area contributed by atoms with E-state index in [4.69, 9.17) is 0 Å². The molecular weight excluding hydrogens is 314 g/mol. The molecule has 0 unspecified atom stereocenters. The number of hydrogen-bond donors (Lipinski definition) is 0. The van der Waals surface area contributed by atoms with Gasteiger partial charge in [-0.3, -0.25) is 9.69 Å². The summed E-state index contributed by atoms with van der Waals surface area (Å²) in [6.45, 7) is 7.33. The molecular formula is C20H29N3O2. The van der Waals surface area contributed by atoms with Gasteiger partial charge in [0.25, 0.3) is 5.91 Å². The molecule has 2 saturated heterocycles. The summed E-state index contributed by atoms with van der Waals surface area (Å²) >= 11 is 0. The molecule has 3 rings (SSSR count). The second-order valence-electron chi connectivity index (χ2n) is 7.76. The lowest BCUT2D eigenvalue weighted by molar-refractivity contribution is -0.135. The Morgan fingerprint density at radius 2 is 1.72 bits per heavy atom. The van der Waals surface area contributed by atoms with Crippen LogP contribution < -0.4 is 0 Å². The fourth-order valence-electron chi connectivity index (χ4n) is 4.00. The highest BCUT2D eigenvalue weighted by atomic mass is 16.2. The lowest BCUT2D eigenvalue weighted by atomic mass is 9.86. The third-order valence-corrected chi connectivity index (χ3v) is 5.59. The zero-order valence-corrected chi connectivity index (χ0v) is 15.6. The molecule has 1 aromatic carbocycles. The van der Waals surface area contributed by atoms with Crippen LogP contribution in [0.3, 0.4) is 0 Å². The Morgan fingerprint density at radius 3 is 2.32 bits per heavy atom. The molecule has 3 amide bonds. The Hall–Kier alpha value is -1.88. The molecule has 2 aliphatic rings. The molecule has 0 atom stereocenters. The van der Waals surface area contributed by atoms with E-state index in [-0.39, 0.29) is 11.9 Å². The number of likely N-dealkylation sites (N-methyl/N-ethyl adjacent to an activating group) is 1. The van der Waals surface area contributed by atoms with E-state index in [0.717, 1.165) is 38.9 Å². The van der Waals surface area contributed by atoms with Crippen molar-refractivity contribution in [2.75, 3.05) is 33.2 Å². The maximum atomic E-state index is 13.0. The van der Waals surface area contributed by atoms with E-state index in [0.29, 0.717) is 12.5 Å². The van der Waals surface area contributed by atoms with E-state index in [1.807, 2.05) is 19.9 Å². The number of likely N-dealkylation sites (tertiary alicyclic amines) is 1. The number of hydrogen-bond acceptors (Lipinski definition) is 3. The number of carbonyl (C=O) groups is 2. The van der Waals surface area contributed by atoms with Crippen LogP contribution in [0.5, 0.6) is 0 Å². The molecule has 1 aromatic rings. The number of amides is 3. The minimum Gasteiger partial charge on any atom is -0.312 e. The van der Waals surface area contributed by atoms with Crippen LogP contribution in [-0.2, 0) is 11.2 Å². The molecule has 5 heteroatoms. The highest BCUT2D eigenvalue weighted by molar-refractivity contribution is 6.07. The second kappa shape index (κ2) is 7.16. The van der Waals surface area contributed by atoms with E-state index in [9.17, 15) is 9.59 Å². The summed E-state index contributed by atoms with van der Waals surface area (Å²) in [7, 11) is 1.79. The van der Waals surface area contributed by atoms with E-state index in [2.05, 4.69) is 29.2 Å². The number of imide groups is 1. The number of benzene rings is 1. The van der Waals surface area contributed by atoms with Gasteiger partial charge in [-0.1, -0.05) is 44.2 Å². The Balaban J connectivity index is 1.60. The molecule has 136 valence electrons. The standard InChI is InChI=1S/C20H29N3O2/c1-16(2)15-23-18(24)20(21(3)19(23)25)10-13-22(14-11-20)12-9-17-7-5-4-6-8-17/h4-8,16H,9-15H2,1-3H3. The van der Waals surface area contributed by atoms with Gasteiger partial charge in [0.1, 0.15) is 5.54 Å². The normalized spacial score (nSPS) is 21.0. The zero-order valence-electron chi connectivity index (χ0n) is 15.6. The minimum atomic E-state index is -0.616. The third-order valence-electron chi connectivity index (χ3n) is 5.59. The van der Waals surface area contributed by atoms with E-state index in [1.165, 1.54) is 10.5 Å². The van der Waals surface area contributed by atoms with Gasteiger partial charge in [0.15, 0.2) is 0 Å². The van der Waals surface area contributed by atoms with Gasteiger partial charge >= 0.3 is 6.03 Å². The summed E-state index contributed by atoms with van der Waals surface area (Å²) in [6.07, 6.45) is 2.49. The summed E-state index contributed by atoms with van der Waals surface area (Å²) in [6, 6.07) is 10.4. The SMILES string of the molecule is CC(C)CN1C(=O)N(C)C2(CCN(CCc3ccccc3)CC2)C1=O. The lowest BCUT2D eigenvalue weighted by Crippen LogP contribution is -2.55. The molecule has 0 saturated carbocycles. The highest BCUT2D eigenvalue weighted by Gasteiger charge is 2.56. The maximum Gasteiger partial charge on any atom is 0.327 e. The molecule has 0 aromatic heterocycles. The van der Waals surface area contributed by atoms with Crippen molar-refractivity contribution < 1.29 is 9.59 Å². The van der Waals surface area contributed by atoms with Crippen LogP contribution in [0.25, 0.3) is 0 Å². The Bertz CT molecular complexity index is 621. The van der Waals surface area contributed by atoms with Gasteiger partial charge in [0.2, 0.25) is 0 Å². The molecule has 2 heterocycles. The van der Waals surface area contributed by atoms with Crippen molar-refractivity contribution in [1.29, 1.82) is 0 Å². The molecule has 5 nitrogen and oxygen atoms in total. The van der Waals surface area contributed by atoms with Gasteiger partial charge in [-0.05, 0) is 30.7 Å². The fraction of sp³-hybridized carbons (Fsp3) is 0.600. The maximum absolute atomic E-state index is 13.0. The number of rotatable bonds is 5. The number of carbonyl (C=O) groups excluding carboxylic acids is 2. The molecule has 0 N–H and O–H groups in total. The smallest absolute Gasteiger partial charge is 0.312 e. The van der Waals surface area contributed by atoms with Crippen LogP contribution in [0.4, 0.5) is 4.79 Å². The van der Waals surface area contributed by atoms with Crippen LogP contribution >= 0.6 is 0 Å². The highest BCUT2D eigenvalue weighted by Crippen LogP contribution is 2.36. The van der Waals surface area contributed by atoms with Crippen molar-refractivity contribution in [3.63, 3.8) is 0 Å². The fourth-order valence-corrected chi connectivity index (χ4v) is 4.00. The quantitative estimate of drug-likeness (QED) is 0.772. The summed E-state index contributed by atoms with van der Waals surface area (Å²) in [5.74, 6) is 0.304. The van der Waals surface area contributed by atoms with Gasteiger partial charge in [0.05, 0.1) is 0 Å². The van der Waals surface area contributed by atoms with Gasteiger partial charge in [0, 0.05) is 33.2 Å². The largest absolute Gasteiger partial charge is 0.327 e. The van der Waals surface area contributed by atoms with Crippen molar-refractivity contribution >= 4 is 11.9 Å². The minimum absolute atomic E-state index is 0.0106. The third kappa shape index (κ3) is 3.43. The average molecular weight is 343 g/mol. The van der Waals surface area contributed by atoms with Gasteiger partial charge in [-0.2, -0.15) is 0 Å². The molecule has 0 bridgehead atoms. The van der Waals surface area contributed by atoms with E-state index in [1.54, 1.807) is 11.9 Å². The predicted octanol–water partition coefficient (Wildman–Crippen LogP) is 2.61. The lowest BCUT2D eigenvalue weighted by Gasteiger charge is -2.40. The average Bonchev–Trinajstić information content (AvgIpc) is 2.78. The number of urea groups is 1. The first kappa shape index (κ1) is 17.9. The molecule has 25 heavy (non-hydrogen) atoms. The van der Waals surface area contributed by atoms with Crippen molar-refractivity contribution in [2.45, 2.75) is 38.6 Å². The van der Waals surface area contributed by atoms with Crippen LogP contribution in [0.1, 0.15) is 32.3 Å².